The smallest absolute Gasteiger partial charge is 0.219 e. The van der Waals surface area contributed by atoms with Gasteiger partial charge < -0.3 is 20.3 Å². The molecule has 1 aliphatic rings. The number of anilines is 2. The lowest BCUT2D eigenvalue weighted by molar-refractivity contribution is -0.131. The lowest BCUT2D eigenvalue weighted by atomic mass is 10.1. The maximum atomic E-state index is 11.5. The number of rotatable bonds is 2. The largest absolute Gasteiger partial charge is 0.495 e. The summed E-state index contributed by atoms with van der Waals surface area (Å²) in [5.41, 5.74) is 7.55. The van der Waals surface area contributed by atoms with E-state index in [0.717, 1.165) is 25.3 Å². The lowest BCUT2D eigenvalue weighted by Crippen LogP contribution is -2.53. The topological polar surface area (TPSA) is 58.8 Å². The molecule has 5 heteroatoms. The zero-order chi connectivity index (χ0) is 14.0. The molecule has 1 unspecified atom stereocenters. The van der Waals surface area contributed by atoms with Crippen molar-refractivity contribution in [1.82, 2.24) is 4.90 Å². The van der Waals surface area contributed by atoms with Crippen molar-refractivity contribution < 1.29 is 9.53 Å². The van der Waals surface area contributed by atoms with E-state index < -0.39 is 0 Å². The fourth-order valence-electron chi connectivity index (χ4n) is 2.56. The lowest BCUT2D eigenvalue weighted by Gasteiger charge is -2.40. The number of piperazine rings is 1. The van der Waals surface area contributed by atoms with Crippen molar-refractivity contribution in [2.24, 2.45) is 0 Å². The van der Waals surface area contributed by atoms with Gasteiger partial charge in [0.1, 0.15) is 5.75 Å². The van der Waals surface area contributed by atoms with Gasteiger partial charge in [0.25, 0.3) is 0 Å². The normalized spacial score (nSPS) is 19.4. The molecule has 104 valence electrons. The summed E-state index contributed by atoms with van der Waals surface area (Å²) in [4.78, 5) is 15.6. The van der Waals surface area contributed by atoms with Gasteiger partial charge in [0, 0.05) is 44.4 Å². The first-order valence-electron chi connectivity index (χ1n) is 6.48. The van der Waals surface area contributed by atoms with Crippen molar-refractivity contribution in [3.63, 3.8) is 0 Å². The molecule has 0 aliphatic carbocycles. The number of carbonyl (C=O) groups is 1. The third kappa shape index (κ3) is 2.75. The van der Waals surface area contributed by atoms with Crippen LogP contribution in [0, 0.1) is 0 Å². The molecule has 1 aromatic carbocycles. The number of benzene rings is 1. The van der Waals surface area contributed by atoms with E-state index in [2.05, 4.69) is 11.8 Å². The molecule has 0 spiro atoms. The van der Waals surface area contributed by atoms with Gasteiger partial charge in [-0.05, 0) is 19.1 Å². The van der Waals surface area contributed by atoms with Crippen molar-refractivity contribution in [2.45, 2.75) is 19.9 Å². The predicted octanol–water partition coefficient (Wildman–Crippen LogP) is 1.33. The van der Waals surface area contributed by atoms with E-state index in [1.807, 2.05) is 23.1 Å². The Labute approximate surface area is 113 Å². The summed E-state index contributed by atoms with van der Waals surface area (Å²) >= 11 is 0. The van der Waals surface area contributed by atoms with Gasteiger partial charge in [-0.25, -0.2) is 0 Å². The van der Waals surface area contributed by atoms with Gasteiger partial charge in [-0.15, -0.1) is 0 Å². The highest BCUT2D eigenvalue weighted by Crippen LogP contribution is 2.28. The first kappa shape index (κ1) is 13.5. The molecule has 1 aliphatic heterocycles. The molecule has 1 fully saturated rings. The summed E-state index contributed by atoms with van der Waals surface area (Å²) in [5.74, 6) is 0.834. The van der Waals surface area contributed by atoms with Crippen LogP contribution in [0.25, 0.3) is 0 Å². The highest BCUT2D eigenvalue weighted by Gasteiger charge is 2.25. The molecule has 1 amide bonds. The predicted molar refractivity (Wildman–Crippen MR) is 76.5 cm³/mol. The highest BCUT2D eigenvalue weighted by atomic mass is 16.5. The molecular formula is C14H21N3O2. The van der Waals surface area contributed by atoms with Crippen molar-refractivity contribution in [1.29, 1.82) is 0 Å². The van der Waals surface area contributed by atoms with E-state index in [9.17, 15) is 4.79 Å². The summed E-state index contributed by atoms with van der Waals surface area (Å²) in [7, 11) is 1.62. The summed E-state index contributed by atoms with van der Waals surface area (Å²) in [6, 6.07) is 6.02. The molecule has 0 saturated carbocycles. The first-order chi connectivity index (χ1) is 9.02. The number of methoxy groups -OCH3 is 1. The van der Waals surface area contributed by atoms with E-state index in [-0.39, 0.29) is 11.9 Å². The van der Waals surface area contributed by atoms with E-state index in [0.29, 0.717) is 11.4 Å². The minimum atomic E-state index is 0.141. The van der Waals surface area contributed by atoms with Crippen LogP contribution < -0.4 is 15.4 Å². The van der Waals surface area contributed by atoms with Gasteiger partial charge >= 0.3 is 0 Å². The quantitative estimate of drug-likeness (QED) is 0.818. The average molecular weight is 263 g/mol. The fourth-order valence-corrected chi connectivity index (χ4v) is 2.56. The molecule has 2 rings (SSSR count). The molecule has 0 radical (unpaired) electrons. The summed E-state index contributed by atoms with van der Waals surface area (Å²) < 4.78 is 5.25. The number of nitrogens with zero attached hydrogens (tertiary/aromatic N) is 2. The molecule has 1 aromatic rings. The Hall–Kier alpha value is -1.91. The van der Waals surface area contributed by atoms with Crippen LogP contribution in [0.5, 0.6) is 5.75 Å². The Morgan fingerprint density at radius 2 is 2.16 bits per heavy atom. The second kappa shape index (κ2) is 5.38. The zero-order valence-corrected chi connectivity index (χ0v) is 11.7. The number of nitrogens with two attached hydrogens (primary N) is 1. The Kier molecular flexibility index (Phi) is 3.83. The number of carbonyl (C=O) groups excluding carboxylic acids is 1. The van der Waals surface area contributed by atoms with Crippen molar-refractivity contribution in [2.75, 3.05) is 37.4 Å². The Bertz CT molecular complexity index is 476. The molecule has 19 heavy (non-hydrogen) atoms. The standard InChI is InChI=1S/C14H21N3O2/c1-10-9-16(6-7-17(10)11(2)18)12-4-5-13(15)14(8-12)19-3/h4-5,8,10H,6-7,9,15H2,1-3H3. The number of ether oxygens (including phenoxy) is 1. The van der Waals surface area contributed by atoms with Crippen LogP contribution in [0.3, 0.4) is 0 Å². The average Bonchev–Trinajstić information content (AvgIpc) is 2.38. The Morgan fingerprint density at radius 3 is 2.74 bits per heavy atom. The van der Waals surface area contributed by atoms with Crippen LogP contribution in [0.15, 0.2) is 18.2 Å². The zero-order valence-electron chi connectivity index (χ0n) is 11.7. The van der Waals surface area contributed by atoms with Gasteiger partial charge in [0.05, 0.1) is 12.8 Å². The molecule has 1 heterocycles. The maximum Gasteiger partial charge on any atom is 0.219 e. The number of hydrogen-bond acceptors (Lipinski definition) is 4. The van der Waals surface area contributed by atoms with E-state index >= 15 is 0 Å². The molecule has 2 N–H and O–H groups in total. The van der Waals surface area contributed by atoms with Crippen LogP contribution in [0.1, 0.15) is 13.8 Å². The molecule has 0 bridgehead atoms. The third-order valence-electron chi connectivity index (χ3n) is 3.61. The van der Waals surface area contributed by atoms with Crippen molar-refractivity contribution in [3.8, 4) is 5.75 Å². The third-order valence-corrected chi connectivity index (χ3v) is 3.61. The number of hydrogen-bond donors (Lipinski definition) is 1. The van der Waals surface area contributed by atoms with Crippen molar-refractivity contribution in [3.05, 3.63) is 18.2 Å². The SMILES string of the molecule is COc1cc(N2CCN(C(C)=O)C(C)C2)ccc1N. The number of nitrogen functional groups attached to an aromatic ring is 1. The summed E-state index contributed by atoms with van der Waals surface area (Å²) in [6.07, 6.45) is 0. The molecule has 1 atom stereocenters. The van der Waals surface area contributed by atoms with E-state index in [1.165, 1.54) is 0 Å². The van der Waals surface area contributed by atoms with Crippen LogP contribution in [0.4, 0.5) is 11.4 Å². The van der Waals surface area contributed by atoms with Crippen LogP contribution in [-0.2, 0) is 4.79 Å². The number of amides is 1. The van der Waals surface area contributed by atoms with Gasteiger partial charge in [0.15, 0.2) is 0 Å². The van der Waals surface area contributed by atoms with Gasteiger partial charge in [-0.1, -0.05) is 0 Å². The van der Waals surface area contributed by atoms with Crippen molar-refractivity contribution >= 4 is 17.3 Å². The molecule has 0 aromatic heterocycles. The second-order valence-electron chi connectivity index (χ2n) is 4.93. The van der Waals surface area contributed by atoms with Gasteiger partial charge in [0.2, 0.25) is 5.91 Å². The highest BCUT2D eigenvalue weighted by molar-refractivity contribution is 5.74. The fraction of sp³-hybridized carbons (Fsp3) is 0.500. The van der Waals surface area contributed by atoms with E-state index in [1.54, 1.807) is 14.0 Å². The molecule has 1 saturated heterocycles. The van der Waals surface area contributed by atoms with Crippen LogP contribution in [0.2, 0.25) is 0 Å². The van der Waals surface area contributed by atoms with E-state index in [4.69, 9.17) is 10.5 Å². The minimum Gasteiger partial charge on any atom is -0.495 e. The second-order valence-corrected chi connectivity index (χ2v) is 4.93. The van der Waals surface area contributed by atoms with Crippen LogP contribution >= 0.6 is 0 Å². The Balaban J connectivity index is 2.14. The van der Waals surface area contributed by atoms with Gasteiger partial charge in [-0.2, -0.15) is 0 Å². The Morgan fingerprint density at radius 1 is 1.42 bits per heavy atom. The maximum absolute atomic E-state index is 11.5. The molecular weight excluding hydrogens is 242 g/mol. The van der Waals surface area contributed by atoms with Gasteiger partial charge in [-0.3, -0.25) is 4.79 Å². The minimum absolute atomic E-state index is 0.141. The molecule has 5 nitrogen and oxygen atoms in total. The summed E-state index contributed by atoms with van der Waals surface area (Å²) in [6.45, 7) is 6.10. The van der Waals surface area contributed by atoms with Crippen LogP contribution in [-0.4, -0.2) is 43.6 Å². The monoisotopic (exact) mass is 263 g/mol. The summed E-state index contributed by atoms with van der Waals surface area (Å²) in [5, 5.41) is 0. The first-order valence-corrected chi connectivity index (χ1v) is 6.48.